The smallest absolute Gasteiger partial charge is 0.191 e. The summed E-state index contributed by atoms with van der Waals surface area (Å²) < 4.78 is 2.40. The van der Waals surface area contributed by atoms with E-state index in [9.17, 15) is 0 Å². The lowest BCUT2D eigenvalue weighted by atomic mass is 9.49. The summed E-state index contributed by atoms with van der Waals surface area (Å²) in [6.45, 7) is 3.21. The van der Waals surface area contributed by atoms with Crippen molar-refractivity contribution >= 4 is 22.5 Å². The minimum Gasteiger partial charge on any atom is -0.306 e. The van der Waals surface area contributed by atoms with Gasteiger partial charge in [0.25, 0.3) is 0 Å². The van der Waals surface area contributed by atoms with Gasteiger partial charge in [-0.2, -0.15) is 0 Å². The van der Waals surface area contributed by atoms with Crippen LogP contribution in [-0.2, 0) is 18.7 Å². The number of benzene rings is 2. The molecule has 4 fully saturated rings. The van der Waals surface area contributed by atoms with Crippen molar-refractivity contribution in [2.45, 2.75) is 69.3 Å². The molecule has 0 N–H and O–H groups in total. The summed E-state index contributed by atoms with van der Waals surface area (Å²) in [4.78, 5) is 0. The molecular weight excluding hydrogens is 386 g/mol. The minimum absolute atomic E-state index is 0.520. The maximum absolute atomic E-state index is 4.73. The van der Waals surface area contributed by atoms with E-state index in [2.05, 4.69) is 59.1 Å². The highest BCUT2D eigenvalue weighted by Gasteiger charge is 2.51. The fourth-order valence-corrected chi connectivity index (χ4v) is 8.30. The van der Waals surface area contributed by atoms with Crippen LogP contribution in [0.2, 0.25) is 0 Å². The molecule has 0 saturated heterocycles. The van der Waals surface area contributed by atoms with Crippen LogP contribution in [0.15, 0.2) is 47.6 Å². The first kappa shape index (κ1) is 18.9. The van der Waals surface area contributed by atoms with Crippen LogP contribution >= 0.6 is 11.8 Å². The first-order chi connectivity index (χ1) is 14.7. The average Bonchev–Trinajstić information content (AvgIpc) is 3.12. The molecule has 0 atom stereocenters. The van der Waals surface area contributed by atoms with Crippen molar-refractivity contribution in [3.63, 3.8) is 0 Å². The zero-order chi connectivity index (χ0) is 20.1. The third kappa shape index (κ3) is 3.28. The first-order valence-electron chi connectivity index (χ1n) is 11.7. The van der Waals surface area contributed by atoms with Crippen molar-refractivity contribution in [2.75, 3.05) is 0 Å². The van der Waals surface area contributed by atoms with Crippen molar-refractivity contribution < 1.29 is 0 Å². The zero-order valence-corrected chi connectivity index (χ0v) is 18.7. The molecule has 0 aliphatic heterocycles. The SMILES string of the molecule is CCn1c(CC23CC4CC(CC(C4)C2)C3)nnc1SCc1cccc2ccccc12. The summed E-state index contributed by atoms with van der Waals surface area (Å²) in [5, 5.41) is 13.1. The lowest BCUT2D eigenvalue weighted by molar-refractivity contribution is -0.0536. The van der Waals surface area contributed by atoms with Crippen LogP contribution in [0.4, 0.5) is 0 Å². The Bertz CT molecular complexity index is 1030. The Morgan fingerprint density at radius 2 is 1.63 bits per heavy atom. The number of fused-ring (bicyclic) bond motifs is 1. The van der Waals surface area contributed by atoms with Gasteiger partial charge in [-0.05, 0) is 85.0 Å². The Labute approximate surface area is 183 Å². The van der Waals surface area contributed by atoms with E-state index in [0.29, 0.717) is 5.41 Å². The minimum atomic E-state index is 0.520. The monoisotopic (exact) mass is 417 g/mol. The fraction of sp³-hybridized carbons (Fsp3) is 0.538. The fourth-order valence-electron chi connectivity index (χ4n) is 7.28. The molecule has 4 bridgehead atoms. The molecule has 4 aliphatic rings. The van der Waals surface area contributed by atoms with Crippen LogP contribution in [0.25, 0.3) is 10.8 Å². The van der Waals surface area contributed by atoms with Crippen molar-refractivity contribution in [1.82, 2.24) is 14.8 Å². The normalized spacial score (nSPS) is 29.7. The van der Waals surface area contributed by atoms with Crippen LogP contribution in [0, 0.1) is 23.2 Å². The van der Waals surface area contributed by atoms with E-state index in [1.165, 1.54) is 60.7 Å². The molecular formula is C26H31N3S. The topological polar surface area (TPSA) is 30.7 Å². The van der Waals surface area contributed by atoms with E-state index in [1.54, 1.807) is 0 Å². The summed E-state index contributed by atoms with van der Waals surface area (Å²) in [7, 11) is 0. The zero-order valence-electron chi connectivity index (χ0n) is 17.9. The van der Waals surface area contributed by atoms with Gasteiger partial charge in [0.05, 0.1) is 0 Å². The molecule has 4 aliphatic carbocycles. The number of thioether (sulfide) groups is 1. The number of nitrogens with zero attached hydrogens (tertiary/aromatic N) is 3. The summed E-state index contributed by atoms with van der Waals surface area (Å²) >= 11 is 1.84. The first-order valence-corrected chi connectivity index (χ1v) is 12.7. The van der Waals surface area contributed by atoms with E-state index in [-0.39, 0.29) is 0 Å². The highest BCUT2D eigenvalue weighted by molar-refractivity contribution is 7.98. The largest absolute Gasteiger partial charge is 0.306 e. The van der Waals surface area contributed by atoms with Gasteiger partial charge in [0.15, 0.2) is 5.16 Å². The van der Waals surface area contributed by atoms with Crippen LogP contribution in [0.5, 0.6) is 0 Å². The second-order valence-corrected chi connectivity index (χ2v) is 11.1. The van der Waals surface area contributed by atoms with E-state index < -0.39 is 0 Å². The van der Waals surface area contributed by atoms with Gasteiger partial charge in [0, 0.05) is 18.7 Å². The van der Waals surface area contributed by atoms with Crippen molar-refractivity contribution in [1.29, 1.82) is 0 Å². The Morgan fingerprint density at radius 1 is 0.933 bits per heavy atom. The van der Waals surface area contributed by atoms with E-state index >= 15 is 0 Å². The van der Waals surface area contributed by atoms with Crippen LogP contribution in [0.3, 0.4) is 0 Å². The van der Waals surface area contributed by atoms with E-state index in [4.69, 9.17) is 5.10 Å². The maximum Gasteiger partial charge on any atom is 0.191 e. The molecule has 156 valence electrons. The van der Waals surface area contributed by atoms with Gasteiger partial charge >= 0.3 is 0 Å². The summed E-state index contributed by atoms with van der Waals surface area (Å²) in [5.41, 5.74) is 1.90. The number of hydrogen-bond acceptors (Lipinski definition) is 3. The Morgan fingerprint density at radius 3 is 2.37 bits per heavy atom. The highest BCUT2D eigenvalue weighted by Crippen LogP contribution is 2.61. The second-order valence-electron chi connectivity index (χ2n) is 10.2. The number of rotatable bonds is 6. The Balaban J connectivity index is 1.22. The van der Waals surface area contributed by atoms with E-state index in [1.807, 2.05) is 11.8 Å². The molecule has 0 unspecified atom stereocenters. The molecule has 1 aromatic heterocycles. The lowest BCUT2D eigenvalue weighted by Gasteiger charge is -2.56. The Kier molecular flexibility index (Phi) is 4.67. The molecule has 0 amide bonds. The van der Waals surface area contributed by atoms with Crippen molar-refractivity contribution in [2.24, 2.45) is 23.2 Å². The lowest BCUT2D eigenvalue weighted by Crippen LogP contribution is -2.47. The molecule has 0 spiro atoms. The summed E-state index contributed by atoms with van der Waals surface area (Å²) in [6.07, 6.45) is 9.98. The number of hydrogen-bond donors (Lipinski definition) is 0. The van der Waals surface area contributed by atoms with Gasteiger partial charge < -0.3 is 4.57 Å². The highest BCUT2D eigenvalue weighted by atomic mass is 32.2. The van der Waals surface area contributed by atoms with Gasteiger partial charge in [-0.25, -0.2) is 0 Å². The quantitative estimate of drug-likeness (QED) is 0.429. The second kappa shape index (κ2) is 7.40. The molecule has 1 heterocycles. The average molecular weight is 418 g/mol. The molecule has 30 heavy (non-hydrogen) atoms. The van der Waals surface area contributed by atoms with Crippen LogP contribution in [-0.4, -0.2) is 14.8 Å². The third-order valence-corrected chi connectivity index (χ3v) is 9.06. The van der Waals surface area contributed by atoms with E-state index in [0.717, 1.165) is 41.6 Å². The Hall–Kier alpha value is -1.81. The number of aromatic nitrogens is 3. The molecule has 3 nitrogen and oxygen atoms in total. The summed E-state index contributed by atoms with van der Waals surface area (Å²) in [5.74, 6) is 5.16. The van der Waals surface area contributed by atoms with Crippen LogP contribution in [0.1, 0.15) is 56.8 Å². The van der Waals surface area contributed by atoms with Gasteiger partial charge in [-0.3, -0.25) is 0 Å². The van der Waals surface area contributed by atoms with Crippen molar-refractivity contribution in [3.8, 4) is 0 Å². The molecule has 4 heteroatoms. The summed E-state index contributed by atoms with van der Waals surface area (Å²) in [6, 6.07) is 15.3. The maximum atomic E-state index is 4.73. The van der Waals surface area contributed by atoms with Gasteiger partial charge in [0.2, 0.25) is 0 Å². The van der Waals surface area contributed by atoms with Gasteiger partial charge in [-0.1, -0.05) is 54.2 Å². The molecule has 0 radical (unpaired) electrons. The predicted octanol–water partition coefficient (Wildman–Crippen LogP) is 6.50. The van der Waals surface area contributed by atoms with Crippen LogP contribution < -0.4 is 0 Å². The predicted molar refractivity (Wildman–Crippen MR) is 124 cm³/mol. The molecule has 2 aromatic carbocycles. The van der Waals surface area contributed by atoms with Crippen molar-refractivity contribution in [3.05, 3.63) is 53.9 Å². The standard InChI is InChI=1S/C26H31N3S/c1-2-29-24(16-26-13-18-10-19(14-26)12-20(11-18)15-26)27-28-25(29)30-17-22-8-5-7-21-6-3-4-9-23(21)22/h3-9,18-20H,2,10-17H2,1H3. The third-order valence-electron chi connectivity index (χ3n) is 8.04. The molecule has 7 rings (SSSR count). The molecule has 4 saturated carbocycles. The van der Waals surface area contributed by atoms with Gasteiger partial charge in [-0.15, -0.1) is 10.2 Å². The molecule has 3 aromatic rings. The van der Waals surface area contributed by atoms with Gasteiger partial charge in [0.1, 0.15) is 5.82 Å².